The molecule has 23 heavy (non-hydrogen) atoms. The van der Waals surface area contributed by atoms with Crippen molar-refractivity contribution in [3.8, 4) is 0 Å². The number of H-pyrrole nitrogens is 2. The molecule has 8 heteroatoms. The number of aromatic nitrogens is 3. The summed E-state index contributed by atoms with van der Waals surface area (Å²) < 4.78 is 0. The van der Waals surface area contributed by atoms with Gasteiger partial charge in [0.2, 0.25) is 5.82 Å². The van der Waals surface area contributed by atoms with E-state index >= 15 is 0 Å². The van der Waals surface area contributed by atoms with Gasteiger partial charge in [-0.25, -0.2) is 9.89 Å². The number of nitrogens with zero attached hydrogens (tertiary/aromatic N) is 3. The molecule has 7 nitrogen and oxygen atoms in total. The third-order valence-corrected chi connectivity index (χ3v) is 4.46. The molecule has 0 radical (unpaired) electrons. The second-order valence-electron chi connectivity index (χ2n) is 5.58. The maximum absolute atomic E-state index is 12.2. The lowest BCUT2D eigenvalue weighted by Crippen LogP contribution is -2.49. The Morgan fingerprint density at radius 2 is 1.87 bits per heavy atom. The predicted molar refractivity (Wildman–Crippen MR) is 86.6 cm³/mol. The van der Waals surface area contributed by atoms with Gasteiger partial charge in [-0.15, -0.1) is 5.10 Å². The van der Waals surface area contributed by atoms with Crippen LogP contribution in [-0.2, 0) is 0 Å². The van der Waals surface area contributed by atoms with Crippen LogP contribution in [0.15, 0.2) is 29.1 Å². The molecule has 1 aliphatic heterocycles. The minimum Gasteiger partial charge on any atom is -0.333 e. The molecule has 0 unspecified atom stereocenters. The van der Waals surface area contributed by atoms with E-state index in [0.29, 0.717) is 13.1 Å². The van der Waals surface area contributed by atoms with Gasteiger partial charge in [0.15, 0.2) is 0 Å². The zero-order valence-electron chi connectivity index (χ0n) is 12.8. The first-order valence-corrected chi connectivity index (χ1v) is 7.86. The monoisotopic (exact) mass is 335 g/mol. The first-order chi connectivity index (χ1) is 11.0. The fraction of sp³-hybridized carbons (Fsp3) is 0.400. The Kier molecular flexibility index (Phi) is 4.49. The van der Waals surface area contributed by atoms with Crippen LogP contribution in [0.25, 0.3) is 0 Å². The molecule has 1 amide bonds. The number of hydrogen-bond donors (Lipinski definition) is 2. The smallest absolute Gasteiger partial charge is 0.333 e. The summed E-state index contributed by atoms with van der Waals surface area (Å²) in [6.45, 7) is 4.89. The molecular formula is C15H18ClN5O2. The molecule has 3 rings (SSSR count). The van der Waals surface area contributed by atoms with Crippen LogP contribution in [0.3, 0.4) is 0 Å². The summed E-state index contributed by atoms with van der Waals surface area (Å²) in [5, 5.41) is 6.63. The van der Waals surface area contributed by atoms with E-state index < -0.39 is 5.69 Å². The molecule has 0 saturated carbocycles. The van der Waals surface area contributed by atoms with Gasteiger partial charge >= 0.3 is 5.69 Å². The highest BCUT2D eigenvalue weighted by Gasteiger charge is 2.26. The van der Waals surface area contributed by atoms with Crippen molar-refractivity contribution >= 4 is 17.5 Å². The van der Waals surface area contributed by atoms with Gasteiger partial charge in [0.25, 0.3) is 5.91 Å². The van der Waals surface area contributed by atoms with Crippen LogP contribution in [-0.4, -0.2) is 57.1 Å². The fourth-order valence-electron chi connectivity index (χ4n) is 2.79. The quantitative estimate of drug-likeness (QED) is 0.884. The normalized spacial score (nSPS) is 17.2. The van der Waals surface area contributed by atoms with E-state index in [0.717, 1.165) is 18.1 Å². The molecule has 0 bridgehead atoms. The summed E-state index contributed by atoms with van der Waals surface area (Å²) in [4.78, 5) is 29.7. The van der Waals surface area contributed by atoms with Crippen molar-refractivity contribution in [3.05, 3.63) is 51.2 Å². The van der Waals surface area contributed by atoms with E-state index in [-0.39, 0.29) is 17.8 Å². The highest BCUT2D eigenvalue weighted by Crippen LogP contribution is 2.23. The lowest BCUT2D eigenvalue weighted by Gasteiger charge is -2.37. The number of piperazine rings is 1. The summed E-state index contributed by atoms with van der Waals surface area (Å²) in [6.07, 6.45) is 0. The lowest BCUT2D eigenvalue weighted by atomic mass is 10.1. The van der Waals surface area contributed by atoms with Crippen molar-refractivity contribution < 1.29 is 4.79 Å². The number of amides is 1. The number of carbonyl (C=O) groups is 1. The average molecular weight is 336 g/mol. The van der Waals surface area contributed by atoms with E-state index in [4.69, 9.17) is 11.6 Å². The number of carbonyl (C=O) groups excluding carboxylic acids is 1. The molecule has 1 atom stereocenters. The maximum Gasteiger partial charge on any atom is 0.341 e. The number of rotatable bonds is 3. The Morgan fingerprint density at radius 3 is 2.43 bits per heavy atom. The van der Waals surface area contributed by atoms with Gasteiger partial charge in [-0.2, -0.15) is 0 Å². The van der Waals surface area contributed by atoms with E-state index in [2.05, 4.69) is 27.0 Å². The number of benzene rings is 1. The molecule has 1 aliphatic rings. The topological polar surface area (TPSA) is 85.1 Å². The van der Waals surface area contributed by atoms with Crippen LogP contribution in [0, 0.1) is 0 Å². The summed E-state index contributed by atoms with van der Waals surface area (Å²) in [6, 6.07) is 8.09. The van der Waals surface area contributed by atoms with Crippen molar-refractivity contribution in [1.82, 2.24) is 25.0 Å². The largest absolute Gasteiger partial charge is 0.341 e. The average Bonchev–Trinajstić information content (AvgIpc) is 3.01. The summed E-state index contributed by atoms with van der Waals surface area (Å²) in [5.41, 5.74) is 0.731. The van der Waals surface area contributed by atoms with Crippen molar-refractivity contribution in [2.45, 2.75) is 13.0 Å². The zero-order valence-corrected chi connectivity index (χ0v) is 13.5. The summed E-state index contributed by atoms with van der Waals surface area (Å²) in [5.74, 6) is -0.184. The van der Waals surface area contributed by atoms with Crippen molar-refractivity contribution in [1.29, 1.82) is 0 Å². The second kappa shape index (κ2) is 6.55. The Hall–Kier alpha value is -2.12. The number of hydrogen-bond acceptors (Lipinski definition) is 4. The molecule has 1 saturated heterocycles. The van der Waals surface area contributed by atoms with Crippen LogP contribution < -0.4 is 5.69 Å². The first-order valence-electron chi connectivity index (χ1n) is 7.48. The Balaban J connectivity index is 1.60. The lowest BCUT2D eigenvalue weighted by molar-refractivity contribution is 0.0571. The SMILES string of the molecule is C[C@H](c1ccc(Cl)cc1)N1CCN(C(=O)c2n[nH]c(=O)[nH]2)CC1. The van der Waals surface area contributed by atoms with Crippen LogP contribution >= 0.6 is 11.6 Å². The molecule has 1 aromatic heterocycles. The molecule has 2 aromatic rings. The van der Waals surface area contributed by atoms with Gasteiger partial charge in [0, 0.05) is 37.2 Å². The fourth-order valence-corrected chi connectivity index (χ4v) is 2.91. The van der Waals surface area contributed by atoms with Crippen molar-refractivity contribution in [2.24, 2.45) is 0 Å². The summed E-state index contributed by atoms with van der Waals surface area (Å²) >= 11 is 5.92. The van der Waals surface area contributed by atoms with E-state index in [9.17, 15) is 9.59 Å². The standard InChI is InChI=1S/C15H18ClN5O2/c1-10(11-2-4-12(16)5-3-11)20-6-8-21(9-7-20)14(22)13-17-15(23)19-18-13/h2-5,10H,6-9H2,1H3,(H2,17,18,19,23)/t10-/m1/s1. The van der Waals surface area contributed by atoms with E-state index in [1.165, 1.54) is 5.56 Å². The molecule has 1 aromatic carbocycles. The van der Waals surface area contributed by atoms with Gasteiger partial charge in [0.05, 0.1) is 0 Å². The van der Waals surface area contributed by atoms with Gasteiger partial charge in [0.1, 0.15) is 0 Å². The molecule has 0 aliphatic carbocycles. The summed E-state index contributed by atoms with van der Waals surface area (Å²) in [7, 11) is 0. The van der Waals surface area contributed by atoms with Gasteiger partial charge < -0.3 is 4.90 Å². The second-order valence-corrected chi connectivity index (χ2v) is 6.02. The van der Waals surface area contributed by atoms with E-state index in [1.807, 2.05) is 24.3 Å². The third-order valence-electron chi connectivity index (χ3n) is 4.21. The number of halogens is 1. The zero-order chi connectivity index (χ0) is 16.4. The van der Waals surface area contributed by atoms with Crippen LogP contribution in [0.2, 0.25) is 5.02 Å². The minimum atomic E-state index is -0.469. The maximum atomic E-state index is 12.2. The number of aromatic amines is 2. The number of nitrogens with one attached hydrogen (secondary N) is 2. The molecule has 1 fully saturated rings. The molecule has 2 N–H and O–H groups in total. The van der Waals surface area contributed by atoms with Gasteiger partial charge in [-0.1, -0.05) is 23.7 Å². The Morgan fingerprint density at radius 1 is 1.22 bits per heavy atom. The molecular weight excluding hydrogens is 318 g/mol. The van der Waals surface area contributed by atoms with Crippen molar-refractivity contribution in [2.75, 3.05) is 26.2 Å². The minimum absolute atomic E-state index is 0.0641. The van der Waals surface area contributed by atoms with Crippen LogP contribution in [0.1, 0.15) is 29.1 Å². The molecule has 0 spiro atoms. The molecule has 122 valence electrons. The Bertz CT molecular complexity index is 731. The van der Waals surface area contributed by atoms with E-state index in [1.54, 1.807) is 4.90 Å². The van der Waals surface area contributed by atoms with Crippen molar-refractivity contribution in [3.63, 3.8) is 0 Å². The van der Waals surface area contributed by atoms with Gasteiger partial charge in [-0.3, -0.25) is 14.7 Å². The van der Waals surface area contributed by atoms with Crippen LogP contribution in [0.5, 0.6) is 0 Å². The first kappa shape index (κ1) is 15.8. The highest BCUT2D eigenvalue weighted by atomic mass is 35.5. The highest BCUT2D eigenvalue weighted by molar-refractivity contribution is 6.30. The van der Waals surface area contributed by atoms with Gasteiger partial charge in [-0.05, 0) is 24.6 Å². The predicted octanol–water partition coefficient (Wildman–Crippen LogP) is 1.27. The third kappa shape index (κ3) is 3.46. The van der Waals surface area contributed by atoms with Crippen LogP contribution in [0.4, 0.5) is 0 Å². The Labute approximate surface area is 138 Å². The molecule has 2 heterocycles.